The highest BCUT2D eigenvalue weighted by molar-refractivity contribution is 5.82. The SMILES string of the molecule is [NH3+]CCC[C@H](NC(=O)CC[NH3+])C(=O)[O-]. The molecule has 6 heteroatoms. The first kappa shape index (κ1) is 12.9. The van der Waals surface area contributed by atoms with Crippen LogP contribution >= 0.6 is 0 Å². The molecular formula is C8H18N3O3+. The Balaban J connectivity index is 3.95. The van der Waals surface area contributed by atoms with Gasteiger partial charge in [0.25, 0.3) is 0 Å². The highest BCUT2D eigenvalue weighted by atomic mass is 16.4. The minimum Gasteiger partial charge on any atom is -0.548 e. The molecule has 0 radical (unpaired) electrons. The Labute approximate surface area is 82.6 Å². The molecule has 0 aliphatic heterocycles. The average molecular weight is 204 g/mol. The van der Waals surface area contributed by atoms with Crippen molar-refractivity contribution < 1.29 is 26.2 Å². The summed E-state index contributed by atoms with van der Waals surface area (Å²) in [4.78, 5) is 21.6. The van der Waals surface area contributed by atoms with Crippen LogP contribution in [0, 0.1) is 0 Å². The molecule has 0 aliphatic carbocycles. The van der Waals surface area contributed by atoms with Crippen LogP contribution in [-0.4, -0.2) is 31.0 Å². The summed E-state index contributed by atoms with van der Waals surface area (Å²) in [6.45, 7) is 1.11. The lowest BCUT2D eigenvalue weighted by Crippen LogP contribution is -2.54. The van der Waals surface area contributed by atoms with Gasteiger partial charge in [0, 0.05) is 0 Å². The maximum atomic E-state index is 11.1. The number of hydrogen-bond acceptors (Lipinski definition) is 3. The van der Waals surface area contributed by atoms with Crippen molar-refractivity contribution in [3.63, 3.8) is 0 Å². The fourth-order valence-corrected chi connectivity index (χ4v) is 1.02. The zero-order valence-electron chi connectivity index (χ0n) is 8.25. The van der Waals surface area contributed by atoms with Crippen molar-refractivity contribution in [2.24, 2.45) is 0 Å². The smallest absolute Gasteiger partial charge is 0.226 e. The number of carboxylic acids is 1. The average Bonchev–Trinajstić information content (AvgIpc) is 2.12. The number of amides is 1. The first-order valence-electron chi connectivity index (χ1n) is 4.70. The topological polar surface area (TPSA) is 125 Å². The Bertz CT molecular complexity index is 196. The highest BCUT2D eigenvalue weighted by Crippen LogP contribution is 1.95. The van der Waals surface area contributed by atoms with E-state index >= 15 is 0 Å². The minimum absolute atomic E-state index is 0.244. The minimum atomic E-state index is -1.24. The lowest BCUT2D eigenvalue weighted by atomic mass is 10.1. The molecule has 0 aromatic heterocycles. The second kappa shape index (κ2) is 7.28. The van der Waals surface area contributed by atoms with Crippen molar-refractivity contribution in [3.05, 3.63) is 0 Å². The van der Waals surface area contributed by atoms with Gasteiger partial charge in [-0.15, -0.1) is 0 Å². The molecule has 0 aliphatic rings. The van der Waals surface area contributed by atoms with E-state index < -0.39 is 12.0 Å². The maximum absolute atomic E-state index is 11.1. The van der Waals surface area contributed by atoms with E-state index in [1.54, 1.807) is 0 Å². The number of nitrogens with one attached hydrogen (secondary N) is 1. The predicted octanol–water partition coefficient (Wildman–Crippen LogP) is -4.12. The van der Waals surface area contributed by atoms with Crippen LogP contribution in [-0.2, 0) is 9.59 Å². The van der Waals surface area contributed by atoms with Crippen LogP contribution in [0.5, 0.6) is 0 Å². The van der Waals surface area contributed by atoms with Gasteiger partial charge in [-0.05, 0) is 12.8 Å². The van der Waals surface area contributed by atoms with Crippen LogP contribution in [0.4, 0.5) is 0 Å². The molecular weight excluding hydrogens is 186 g/mol. The third-order valence-electron chi connectivity index (χ3n) is 1.77. The molecule has 0 rings (SSSR count). The first-order valence-corrected chi connectivity index (χ1v) is 4.70. The van der Waals surface area contributed by atoms with Gasteiger partial charge < -0.3 is 26.7 Å². The van der Waals surface area contributed by atoms with Gasteiger partial charge in [-0.2, -0.15) is 0 Å². The second-order valence-corrected chi connectivity index (χ2v) is 3.04. The monoisotopic (exact) mass is 204 g/mol. The Hall–Kier alpha value is -1.14. The predicted molar refractivity (Wildman–Crippen MR) is 46.3 cm³/mol. The molecule has 0 spiro atoms. The van der Waals surface area contributed by atoms with E-state index in [1.165, 1.54) is 0 Å². The molecule has 6 nitrogen and oxygen atoms in total. The van der Waals surface area contributed by atoms with Crippen LogP contribution in [0.1, 0.15) is 19.3 Å². The number of rotatable bonds is 7. The number of quaternary nitrogens is 2. The van der Waals surface area contributed by atoms with E-state index in [0.717, 1.165) is 0 Å². The molecule has 0 bridgehead atoms. The Kier molecular flexibility index (Phi) is 6.69. The molecule has 0 heterocycles. The fraction of sp³-hybridized carbons (Fsp3) is 0.750. The standard InChI is InChI=1S/C8H17N3O3/c9-4-1-2-6(8(13)14)11-7(12)3-5-10/h6H,1-5,9-10H2,(H,11,12)(H,13,14)/p+1/t6-/m0/s1. The van der Waals surface area contributed by atoms with Gasteiger partial charge in [-0.3, -0.25) is 4.79 Å². The number of hydrogen-bond donors (Lipinski definition) is 3. The van der Waals surface area contributed by atoms with Crippen molar-refractivity contribution in [2.75, 3.05) is 13.1 Å². The largest absolute Gasteiger partial charge is 0.548 e. The Morgan fingerprint density at radius 3 is 2.36 bits per heavy atom. The van der Waals surface area contributed by atoms with E-state index in [-0.39, 0.29) is 12.3 Å². The van der Waals surface area contributed by atoms with E-state index in [0.29, 0.717) is 25.9 Å². The quantitative estimate of drug-likeness (QED) is 0.390. The lowest BCUT2D eigenvalue weighted by molar-refractivity contribution is -0.369. The molecule has 0 saturated heterocycles. The summed E-state index contributed by atoms with van der Waals surface area (Å²) >= 11 is 0. The summed E-state index contributed by atoms with van der Waals surface area (Å²) in [5, 5.41) is 13.0. The number of carbonyl (C=O) groups is 2. The van der Waals surface area contributed by atoms with Gasteiger partial charge >= 0.3 is 0 Å². The van der Waals surface area contributed by atoms with Gasteiger partial charge in [0.1, 0.15) is 0 Å². The van der Waals surface area contributed by atoms with E-state index in [4.69, 9.17) is 0 Å². The van der Waals surface area contributed by atoms with E-state index in [2.05, 4.69) is 16.8 Å². The molecule has 0 aromatic rings. The zero-order chi connectivity index (χ0) is 11.0. The first-order chi connectivity index (χ1) is 6.61. The van der Waals surface area contributed by atoms with Gasteiger partial charge in [-0.1, -0.05) is 0 Å². The van der Waals surface area contributed by atoms with Gasteiger partial charge in [-0.25, -0.2) is 0 Å². The number of carbonyl (C=O) groups excluding carboxylic acids is 2. The Morgan fingerprint density at radius 1 is 1.29 bits per heavy atom. The van der Waals surface area contributed by atoms with Crippen molar-refractivity contribution in [2.45, 2.75) is 25.3 Å². The summed E-state index contributed by atoms with van der Waals surface area (Å²) in [7, 11) is 0. The zero-order valence-corrected chi connectivity index (χ0v) is 8.25. The van der Waals surface area contributed by atoms with Gasteiger partial charge in [0.05, 0.1) is 31.5 Å². The number of carboxylic acid groups (broad SMARTS) is 1. The van der Waals surface area contributed by atoms with Crippen LogP contribution in [0.15, 0.2) is 0 Å². The lowest BCUT2D eigenvalue weighted by Gasteiger charge is -2.18. The number of aliphatic carboxylic acids is 1. The molecule has 14 heavy (non-hydrogen) atoms. The third-order valence-corrected chi connectivity index (χ3v) is 1.77. The van der Waals surface area contributed by atoms with E-state index in [1.807, 2.05) is 0 Å². The third kappa shape index (κ3) is 5.50. The molecule has 1 amide bonds. The normalized spacial score (nSPS) is 12.1. The molecule has 7 N–H and O–H groups in total. The van der Waals surface area contributed by atoms with E-state index in [9.17, 15) is 14.7 Å². The summed E-state index contributed by atoms with van der Waals surface area (Å²) in [6, 6.07) is -0.893. The molecule has 1 atom stereocenters. The van der Waals surface area contributed by atoms with Crippen LogP contribution < -0.4 is 21.9 Å². The van der Waals surface area contributed by atoms with Crippen molar-refractivity contribution >= 4 is 11.9 Å². The van der Waals surface area contributed by atoms with Crippen molar-refractivity contribution in [3.8, 4) is 0 Å². The summed E-state index contributed by atoms with van der Waals surface area (Å²) in [5.74, 6) is -1.53. The summed E-state index contributed by atoms with van der Waals surface area (Å²) in [6.07, 6.45) is 1.27. The van der Waals surface area contributed by atoms with Gasteiger partial charge in [0.2, 0.25) is 5.91 Å². The van der Waals surface area contributed by atoms with Crippen LogP contribution in [0.25, 0.3) is 0 Å². The van der Waals surface area contributed by atoms with Crippen molar-refractivity contribution in [1.29, 1.82) is 0 Å². The molecule has 0 unspecified atom stereocenters. The summed E-state index contributed by atoms with van der Waals surface area (Å²) in [5.41, 5.74) is 7.10. The molecule has 0 saturated carbocycles. The van der Waals surface area contributed by atoms with Crippen LogP contribution in [0.2, 0.25) is 0 Å². The molecule has 0 aromatic carbocycles. The van der Waals surface area contributed by atoms with Gasteiger partial charge in [0.15, 0.2) is 0 Å². The fourth-order valence-electron chi connectivity index (χ4n) is 1.02. The second-order valence-electron chi connectivity index (χ2n) is 3.04. The Morgan fingerprint density at radius 2 is 1.93 bits per heavy atom. The van der Waals surface area contributed by atoms with Crippen LogP contribution in [0.3, 0.4) is 0 Å². The summed E-state index contributed by atoms with van der Waals surface area (Å²) < 4.78 is 0. The molecule has 82 valence electrons. The van der Waals surface area contributed by atoms with Crippen molar-refractivity contribution in [1.82, 2.24) is 5.32 Å². The highest BCUT2D eigenvalue weighted by Gasteiger charge is 2.12. The maximum Gasteiger partial charge on any atom is 0.226 e. The molecule has 0 fully saturated rings.